The summed E-state index contributed by atoms with van der Waals surface area (Å²) in [4.78, 5) is 18.2. The van der Waals surface area contributed by atoms with Crippen molar-refractivity contribution in [3.05, 3.63) is 0 Å². The first kappa shape index (κ1) is 29.2. The normalized spacial score (nSPS) is 6.14. The largest absolute Gasteiger partial charge is 0.394 e. The number of nitrogens with two attached hydrogens (primary N) is 2. The number of primary amides is 2. The molecule has 0 aromatic heterocycles. The molecule has 0 heterocycles. The molecule has 0 bridgehead atoms. The lowest BCUT2D eigenvalue weighted by atomic mass is 10.5. The maximum absolute atomic E-state index is 9.09. The van der Waals surface area contributed by atoms with E-state index in [1.807, 2.05) is 0 Å². The molecule has 90 valence electrons. The smallest absolute Gasteiger partial charge is 0.273 e. The van der Waals surface area contributed by atoms with Crippen LogP contribution in [0.2, 0.25) is 0 Å². The number of amides is 2. The van der Waals surface area contributed by atoms with E-state index < -0.39 is 10.5 Å². The molecule has 0 rings (SSSR count). The van der Waals surface area contributed by atoms with E-state index in [0.29, 0.717) is 0 Å². The van der Waals surface area contributed by atoms with Crippen LogP contribution in [-0.4, -0.2) is 21.7 Å². The molecule has 7 heteroatoms. The molecule has 0 aliphatic rings. The minimum absolute atomic E-state index is 0. The van der Waals surface area contributed by atoms with Crippen LogP contribution in [0.25, 0.3) is 0 Å². The van der Waals surface area contributed by atoms with Crippen molar-refractivity contribution in [3.63, 3.8) is 0 Å². The van der Waals surface area contributed by atoms with Crippen molar-refractivity contribution in [2.24, 2.45) is 11.5 Å². The molecule has 5 nitrogen and oxygen atoms in total. The van der Waals surface area contributed by atoms with E-state index in [9.17, 15) is 0 Å². The average Bonchev–Trinajstić information content (AvgIpc) is 1.54. The third-order valence-electron chi connectivity index (χ3n) is 0. The predicted octanol–water partition coefficient (Wildman–Crippen LogP) is 1.65. The Morgan fingerprint density at radius 3 is 1.07 bits per heavy atom. The highest BCUT2D eigenvalue weighted by atomic mass is 32.1. The Hall–Kier alpha value is -0.400. The van der Waals surface area contributed by atoms with Crippen molar-refractivity contribution < 1.29 is 14.7 Å². The Bertz CT molecular complexity index is 109. The van der Waals surface area contributed by atoms with E-state index in [4.69, 9.17) is 14.7 Å². The summed E-state index contributed by atoms with van der Waals surface area (Å²) in [6.45, 7) is 3.44. The third-order valence-corrected chi connectivity index (χ3v) is 0. The summed E-state index contributed by atoms with van der Waals surface area (Å²) in [7, 11) is 0. The van der Waals surface area contributed by atoms with Crippen LogP contribution in [0.5, 0.6) is 0 Å². The van der Waals surface area contributed by atoms with E-state index in [2.05, 4.69) is 36.7 Å². The minimum atomic E-state index is -0.639. The molecule has 0 spiro atoms. The van der Waals surface area contributed by atoms with E-state index in [-0.39, 0.29) is 21.0 Å². The fourth-order valence-electron chi connectivity index (χ4n) is 0. The topological polar surface area (TPSA) is 106 Å². The van der Waals surface area contributed by atoms with Crippen LogP contribution in [0, 0.1) is 0 Å². The van der Waals surface area contributed by atoms with Gasteiger partial charge in [-0.1, -0.05) is 40.1 Å². The molecule has 2 amide bonds. The fraction of sp³-hybridized carbons (Fsp3) is 0.714. The molecule has 0 aliphatic carbocycles. The molecule has 0 atom stereocenters. The van der Waals surface area contributed by atoms with Gasteiger partial charge in [0.15, 0.2) is 0 Å². The van der Waals surface area contributed by atoms with Crippen LogP contribution in [0.3, 0.4) is 0 Å². The van der Waals surface area contributed by atoms with Crippen molar-refractivity contribution in [1.82, 2.24) is 0 Å². The average molecular weight is 246 g/mol. The van der Waals surface area contributed by atoms with Crippen LogP contribution in [0.15, 0.2) is 0 Å². The van der Waals surface area contributed by atoms with E-state index in [0.717, 1.165) is 0 Å². The first-order chi connectivity index (χ1) is 5.20. The Balaban J connectivity index is -0.0000000270. The second-order valence-corrected chi connectivity index (χ2v) is 2.65. The van der Waals surface area contributed by atoms with E-state index in [1.54, 1.807) is 13.8 Å². The number of carbonyl (C=O) groups excluding carboxylic acids is 2. The standard InChI is InChI=1S/C3H8O.2CH3NOS.2CH4/c1-3(2)4;2*2-1(3)4;;/h3-4H,1-2H3;2*(H3,2,3,4);2*1H4. The van der Waals surface area contributed by atoms with Gasteiger partial charge in [-0.3, -0.25) is 9.59 Å². The van der Waals surface area contributed by atoms with Crippen LogP contribution in [0.1, 0.15) is 28.7 Å². The molecular weight excluding hydrogens is 224 g/mol. The quantitative estimate of drug-likeness (QED) is 0.419. The molecule has 0 aromatic rings. The summed E-state index contributed by atoms with van der Waals surface area (Å²) in [5.74, 6) is 0. The van der Waals surface area contributed by atoms with Crippen molar-refractivity contribution in [2.75, 3.05) is 0 Å². The Labute approximate surface area is 97.1 Å². The second kappa shape index (κ2) is 22.9. The van der Waals surface area contributed by atoms with Crippen LogP contribution < -0.4 is 11.5 Å². The number of aliphatic hydroxyl groups excluding tert-OH is 1. The second-order valence-electron chi connectivity index (χ2n) is 1.77. The number of hydrogen-bond donors (Lipinski definition) is 5. The number of hydrogen-bond acceptors (Lipinski definition) is 3. The van der Waals surface area contributed by atoms with Crippen LogP contribution in [0.4, 0.5) is 9.59 Å². The summed E-state index contributed by atoms with van der Waals surface area (Å²) in [6.07, 6.45) is -0.167. The predicted molar refractivity (Wildman–Crippen MR) is 68.0 cm³/mol. The van der Waals surface area contributed by atoms with Gasteiger partial charge in [-0.15, -0.1) is 0 Å². The molecule has 5 N–H and O–H groups in total. The first-order valence-electron chi connectivity index (χ1n) is 2.85. The Morgan fingerprint density at radius 2 is 1.07 bits per heavy atom. The zero-order valence-electron chi connectivity index (χ0n) is 6.89. The zero-order valence-corrected chi connectivity index (χ0v) is 8.68. The minimum Gasteiger partial charge on any atom is -0.394 e. The third kappa shape index (κ3) is 8150. The van der Waals surface area contributed by atoms with Gasteiger partial charge in [0.1, 0.15) is 0 Å². The van der Waals surface area contributed by atoms with Crippen molar-refractivity contribution >= 4 is 35.7 Å². The number of thiol groups is 2. The maximum atomic E-state index is 9.09. The molecule has 14 heavy (non-hydrogen) atoms. The Kier molecular flexibility index (Phi) is 47.8. The van der Waals surface area contributed by atoms with Gasteiger partial charge in [0.05, 0.1) is 0 Å². The van der Waals surface area contributed by atoms with Gasteiger partial charge in [0, 0.05) is 6.10 Å². The number of aliphatic hydroxyl groups is 1. The van der Waals surface area contributed by atoms with Gasteiger partial charge in [0.25, 0.3) is 10.5 Å². The van der Waals surface area contributed by atoms with Gasteiger partial charge >= 0.3 is 0 Å². The first-order valence-corrected chi connectivity index (χ1v) is 3.74. The van der Waals surface area contributed by atoms with E-state index in [1.165, 1.54) is 0 Å². The molecular formula is C7H22N2O3S2. The van der Waals surface area contributed by atoms with Gasteiger partial charge in [-0.2, -0.15) is 0 Å². The van der Waals surface area contributed by atoms with Crippen molar-refractivity contribution in [1.29, 1.82) is 0 Å². The van der Waals surface area contributed by atoms with Gasteiger partial charge in [-0.25, -0.2) is 0 Å². The molecule has 0 saturated heterocycles. The highest BCUT2D eigenvalue weighted by Crippen LogP contribution is 1.65. The van der Waals surface area contributed by atoms with Gasteiger partial charge in [-0.05, 0) is 13.8 Å². The Morgan fingerprint density at radius 1 is 1.07 bits per heavy atom. The molecule has 0 unspecified atom stereocenters. The molecule has 0 saturated carbocycles. The summed E-state index contributed by atoms with van der Waals surface area (Å²) in [5, 5.41) is 6.78. The molecule has 0 fully saturated rings. The van der Waals surface area contributed by atoms with Crippen LogP contribution in [-0.2, 0) is 0 Å². The van der Waals surface area contributed by atoms with Crippen LogP contribution >= 0.6 is 25.3 Å². The van der Waals surface area contributed by atoms with Crippen molar-refractivity contribution in [3.8, 4) is 0 Å². The lowest BCUT2D eigenvalue weighted by Gasteiger charge is -1.80. The fourth-order valence-corrected chi connectivity index (χ4v) is 0. The van der Waals surface area contributed by atoms with Gasteiger partial charge in [0.2, 0.25) is 0 Å². The zero-order chi connectivity index (χ0) is 10.7. The lowest BCUT2D eigenvalue weighted by molar-refractivity contribution is 0.216. The molecule has 0 aliphatic heterocycles. The highest BCUT2D eigenvalue weighted by molar-refractivity contribution is 7.96. The summed E-state index contributed by atoms with van der Waals surface area (Å²) >= 11 is 6.21. The summed E-state index contributed by atoms with van der Waals surface area (Å²) in [5.41, 5.74) is 8.67. The SMILES string of the molecule is C.C.CC(C)O.NC(=O)S.NC(=O)S. The summed E-state index contributed by atoms with van der Waals surface area (Å²) < 4.78 is 0. The summed E-state index contributed by atoms with van der Waals surface area (Å²) in [6, 6.07) is 0. The molecule has 0 radical (unpaired) electrons. The number of carbonyl (C=O) groups is 2. The highest BCUT2D eigenvalue weighted by Gasteiger charge is 1.69. The van der Waals surface area contributed by atoms with Crippen molar-refractivity contribution in [2.45, 2.75) is 34.8 Å². The monoisotopic (exact) mass is 246 g/mol. The number of rotatable bonds is 0. The van der Waals surface area contributed by atoms with Gasteiger partial charge < -0.3 is 16.6 Å². The lowest BCUT2D eigenvalue weighted by Crippen LogP contribution is -1.95. The van der Waals surface area contributed by atoms with E-state index >= 15 is 0 Å². The molecule has 0 aromatic carbocycles. The maximum Gasteiger partial charge on any atom is 0.273 e.